The maximum atomic E-state index is 4.66. The molecule has 5 nitrogen and oxygen atoms in total. The molecule has 0 atom stereocenters. The Morgan fingerprint density at radius 1 is 1.27 bits per heavy atom. The predicted octanol–water partition coefficient (Wildman–Crippen LogP) is 4.05. The summed E-state index contributed by atoms with van der Waals surface area (Å²) in [6.07, 6.45) is 0.924. The van der Waals surface area contributed by atoms with Crippen molar-refractivity contribution in [3.05, 3.63) is 52.1 Å². The minimum absolute atomic E-state index is 0.464. The maximum absolute atomic E-state index is 4.66. The van der Waals surface area contributed by atoms with Crippen LogP contribution in [0.3, 0.4) is 0 Å². The first-order valence-corrected chi connectivity index (χ1v) is 10.1. The summed E-state index contributed by atoms with van der Waals surface area (Å²) in [7, 11) is 0. The molecule has 1 aromatic carbocycles. The second-order valence-corrected chi connectivity index (χ2v) is 7.52. The van der Waals surface area contributed by atoms with Crippen LogP contribution in [-0.4, -0.2) is 29.0 Å². The van der Waals surface area contributed by atoms with E-state index in [0.717, 1.165) is 36.2 Å². The van der Waals surface area contributed by atoms with Crippen molar-refractivity contribution in [1.82, 2.24) is 20.6 Å². The number of H-pyrrole nitrogens is 1. The van der Waals surface area contributed by atoms with Gasteiger partial charge in [-0.2, -0.15) is 0 Å². The molecule has 6 heteroatoms. The van der Waals surface area contributed by atoms with Crippen LogP contribution in [-0.2, 0) is 13.0 Å². The molecule has 0 spiro atoms. The zero-order chi connectivity index (χ0) is 18.4. The van der Waals surface area contributed by atoms with E-state index in [4.69, 9.17) is 0 Å². The summed E-state index contributed by atoms with van der Waals surface area (Å²) >= 11 is 1.68. The second-order valence-electron chi connectivity index (χ2n) is 6.57. The number of hydrogen-bond acceptors (Lipinski definition) is 3. The number of nitrogens with one attached hydrogen (secondary N) is 3. The highest BCUT2D eigenvalue weighted by Crippen LogP contribution is 2.18. The van der Waals surface area contributed by atoms with Crippen molar-refractivity contribution in [2.75, 3.05) is 13.1 Å². The standard InChI is InChI=1S/C20H27N5S/c1-4-21-20(23-12-19-25-18(13-26-19)14(2)3)22-10-9-16-11-15-7-5-6-8-17(15)24-16/h5-8,11,13-14,24H,4,9-10,12H2,1-3H3,(H2,21,22,23). The molecule has 3 rings (SSSR count). The Hall–Kier alpha value is -2.34. The first-order chi connectivity index (χ1) is 12.7. The van der Waals surface area contributed by atoms with E-state index in [9.17, 15) is 0 Å². The molecular formula is C20H27N5S. The molecule has 0 fully saturated rings. The lowest BCUT2D eigenvalue weighted by atomic mass is 10.2. The molecule has 3 N–H and O–H groups in total. The molecular weight excluding hydrogens is 342 g/mol. The van der Waals surface area contributed by atoms with Gasteiger partial charge in [0.15, 0.2) is 5.96 Å². The van der Waals surface area contributed by atoms with E-state index in [2.05, 4.69) is 82.1 Å². The van der Waals surface area contributed by atoms with Gasteiger partial charge in [-0.1, -0.05) is 32.0 Å². The summed E-state index contributed by atoms with van der Waals surface area (Å²) in [4.78, 5) is 12.8. The van der Waals surface area contributed by atoms with Gasteiger partial charge >= 0.3 is 0 Å². The van der Waals surface area contributed by atoms with Gasteiger partial charge in [-0.25, -0.2) is 9.98 Å². The van der Waals surface area contributed by atoms with Crippen LogP contribution in [0.15, 0.2) is 40.7 Å². The quantitative estimate of drug-likeness (QED) is 0.435. The van der Waals surface area contributed by atoms with Crippen LogP contribution in [0.4, 0.5) is 0 Å². The lowest BCUT2D eigenvalue weighted by molar-refractivity contribution is 0.787. The Balaban J connectivity index is 1.55. The number of para-hydroxylation sites is 1. The molecule has 2 aromatic heterocycles. The first kappa shape index (κ1) is 18.5. The molecule has 0 saturated heterocycles. The number of thiazole rings is 1. The molecule has 26 heavy (non-hydrogen) atoms. The molecule has 0 radical (unpaired) electrons. The lowest BCUT2D eigenvalue weighted by Crippen LogP contribution is -2.38. The molecule has 0 bridgehead atoms. The van der Waals surface area contributed by atoms with Crippen molar-refractivity contribution in [2.24, 2.45) is 4.99 Å². The van der Waals surface area contributed by atoms with Crippen molar-refractivity contribution in [3.8, 4) is 0 Å². The summed E-state index contributed by atoms with van der Waals surface area (Å²) in [5.74, 6) is 1.30. The maximum Gasteiger partial charge on any atom is 0.191 e. The number of nitrogens with zero attached hydrogens (tertiary/aromatic N) is 2. The highest BCUT2D eigenvalue weighted by Gasteiger charge is 2.06. The number of aromatic nitrogens is 2. The van der Waals surface area contributed by atoms with Gasteiger partial charge in [0.05, 0.1) is 12.2 Å². The average molecular weight is 370 g/mol. The van der Waals surface area contributed by atoms with Gasteiger partial charge in [0.25, 0.3) is 0 Å². The molecule has 0 aliphatic carbocycles. The topological polar surface area (TPSA) is 65.1 Å². The predicted molar refractivity (Wildman–Crippen MR) is 111 cm³/mol. The van der Waals surface area contributed by atoms with E-state index in [0.29, 0.717) is 12.5 Å². The van der Waals surface area contributed by atoms with E-state index in [1.54, 1.807) is 11.3 Å². The van der Waals surface area contributed by atoms with Gasteiger partial charge in [0, 0.05) is 36.1 Å². The van der Waals surface area contributed by atoms with Gasteiger partial charge in [-0.05, 0) is 30.4 Å². The molecule has 0 aliphatic heterocycles. The summed E-state index contributed by atoms with van der Waals surface area (Å²) in [6.45, 7) is 8.69. The molecule has 3 aromatic rings. The number of hydrogen-bond donors (Lipinski definition) is 3. The normalized spacial score (nSPS) is 12.1. The number of aromatic amines is 1. The van der Waals surface area contributed by atoms with Gasteiger partial charge in [-0.15, -0.1) is 11.3 Å². The third-order valence-electron chi connectivity index (χ3n) is 4.15. The molecule has 2 heterocycles. The van der Waals surface area contributed by atoms with Gasteiger partial charge in [-0.3, -0.25) is 0 Å². The Kier molecular flexibility index (Phi) is 6.28. The summed E-state index contributed by atoms with van der Waals surface area (Å²) in [5, 5.41) is 11.2. The van der Waals surface area contributed by atoms with Crippen LogP contribution in [0.5, 0.6) is 0 Å². The third-order valence-corrected chi connectivity index (χ3v) is 5.00. The van der Waals surface area contributed by atoms with Crippen LogP contribution >= 0.6 is 11.3 Å². The van der Waals surface area contributed by atoms with Crippen LogP contribution in [0.2, 0.25) is 0 Å². The van der Waals surface area contributed by atoms with Crippen molar-refractivity contribution in [1.29, 1.82) is 0 Å². The summed E-state index contributed by atoms with van der Waals surface area (Å²) < 4.78 is 0. The monoisotopic (exact) mass is 369 g/mol. The highest BCUT2D eigenvalue weighted by atomic mass is 32.1. The smallest absolute Gasteiger partial charge is 0.191 e. The van der Waals surface area contributed by atoms with Crippen molar-refractivity contribution in [2.45, 2.75) is 39.7 Å². The SMILES string of the molecule is CCNC(=NCc1nc(C(C)C)cs1)NCCc1cc2ccccc2[nH]1. The Morgan fingerprint density at radius 2 is 2.12 bits per heavy atom. The zero-order valence-corrected chi connectivity index (χ0v) is 16.5. The first-order valence-electron chi connectivity index (χ1n) is 9.18. The van der Waals surface area contributed by atoms with Crippen LogP contribution < -0.4 is 10.6 Å². The fourth-order valence-electron chi connectivity index (χ4n) is 2.74. The molecule has 0 amide bonds. The highest BCUT2D eigenvalue weighted by molar-refractivity contribution is 7.09. The fraction of sp³-hybridized carbons (Fsp3) is 0.400. The Bertz CT molecular complexity index is 829. The van der Waals surface area contributed by atoms with Gasteiger partial charge < -0.3 is 15.6 Å². The molecule has 0 unspecified atom stereocenters. The van der Waals surface area contributed by atoms with E-state index < -0.39 is 0 Å². The van der Waals surface area contributed by atoms with E-state index >= 15 is 0 Å². The largest absolute Gasteiger partial charge is 0.358 e. The number of fused-ring (bicyclic) bond motifs is 1. The Labute approximate surface area is 159 Å². The van der Waals surface area contributed by atoms with Crippen molar-refractivity contribution in [3.63, 3.8) is 0 Å². The summed E-state index contributed by atoms with van der Waals surface area (Å²) in [5.41, 5.74) is 3.57. The van der Waals surface area contributed by atoms with Gasteiger partial charge in [0.2, 0.25) is 0 Å². The van der Waals surface area contributed by atoms with Gasteiger partial charge in [0.1, 0.15) is 5.01 Å². The van der Waals surface area contributed by atoms with E-state index in [1.165, 1.54) is 16.6 Å². The van der Waals surface area contributed by atoms with Crippen LogP contribution in [0.25, 0.3) is 10.9 Å². The second kappa shape index (κ2) is 8.85. The zero-order valence-electron chi connectivity index (χ0n) is 15.7. The summed E-state index contributed by atoms with van der Waals surface area (Å²) in [6, 6.07) is 10.6. The third kappa shape index (κ3) is 4.85. The van der Waals surface area contributed by atoms with E-state index in [-0.39, 0.29) is 0 Å². The number of rotatable bonds is 7. The van der Waals surface area contributed by atoms with Crippen molar-refractivity contribution < 1.29 is 0 Å². The molecule has 0 saturated carbocycles. The molecule has 0 aliphatic rings. The van der Waals surface area contributed by atoms with E-state index in [1.807, 2.05) is 0 Å². The minimum Gasteiger partial charge on any atom is -0.358 e. The van der Waals surface area contributed by atoms with Crippen LogP contribution in [0, 0.1) is 0 Å². The fourth-order valence-corrected chi connectivity index (χ4v) is 3.61. The number of guanidine groups is 1. The lowest BCUT2D eigenvalue weighted by Gasteiger charge is -2.10. The van der Waals surface area contributed by atoms with Crippen molar-refractivity contribution >= 4 is 28.2 Å². The molecule has 138 valence electrons. The van der Waals surface area contributed by atoms with Crippen LogP contribution in [0.1, 0.15) is 43.1 Å². The minimum atomic E-state index is 0.464. The number of benzene rings is 1. The average Bonchev–Trinajstić information content (AvgIpc) is 3.26. The Morgan fingerprint density at radius 3 is 2.85 bits per heavy atom. The number of aliphatic imine (C=N–C) groups is 1.